The first-order valence-electron chi connectivity index (χ1n) is 4.51. The summed E-state index contributed by atoms with van der Waals surface area (Å²) < 4.78 is 9.43. The molecule has 16 heavy (non-hydrogen) atoms. The molecule has 0 spiro atoms. The van der Waals surface area contributed by atoms with E-state index in [1.807, 2.05) is 0 Å². The number of benzene rings is 1. The molecule has 0 aliphatic rings. The molecule has 0 aliphatic heterocycles. The quantitative estimate of drug-likeness (QED) is 0.754. The van der Waals surface area contributed by atoms with Gasteiger partial charge in [0.25, 0.3) is 5.76 Å². The number of hydrogen-bond donors (Lipinski definition) is 0. The second-order valence-electron chi connectivity index (χ2n) is 3.07. The van der Waals surface area contributed by atoms with Gasteiger partial charge in [-0.05, 0) is 17.7 Å². The lowest BCUT2D eigenvalue weighted by Gasteiger charge is -1.99. The van der Waals surface area contributed by atoms with Crippen LogP contribution >= 0.6 is 11.6 Å². The number of aromatic nitrogens is 1. The molecule has 0 N–H and O–H groups in total. The second-order valence-corrected chi connectivity index (χ2v) is 3.50. The Balaban J connectivity index is 2.44. The number of rotatable bonds is 2. The maximum Gasteiger partial charge on any atom is 0.377 e. The number of ether oxygens (including phenoxy) is 1. The zero-order valence-corrected chi connectivity index (χ0v) is 9.19. The highest BCUT2D eigenvalue weighted by atomic mass is 35.5. The monoisotopic (exact) mass is 237 g/mol. The lowest BCUT2D eigenvalue weighted by Crippen LogP contribution is -2.00. The van der Waals surface area contributed by atoms with Crippen molar-refractivity contribution in [3.63, 3.8) is 0 Å². The van der Waals surface area contributed by atoms with E-state index >= 15 is 0 Å². The van der Waals surface area contributed by atoms with Crippen LogP contribution in [0.2, 0.25) is 5.02 Å². The highest BCUT2D eigenvalue weighted by Crippen LogP contribution is 2.25. The maximum atomic E-state index is 11.4. The molecule has 0 saturated heterocycles. The lowest BCUT2D eigenvalue weighted by atomic mass is 10.1. The Kier molecular flexibility index (Phi) is 2.92. The number of nitrogens with zero attached hydrogens (tertiary/aromatic N) is 1. The smallest absolute Gasteiger partial charge is 0.377 e. The molecule has 0 atom stereocenters. The normalized spacial score (nSPS) is 10.1. The standard InChI is InChI=1S/C11H8ClNO3/c1-15-11(14)10-9(6-13-16-10)7-2-4-8(12)5-3-7/h2-6H,1H3. The molecule has 0 saturated carbocycles. The van der Waals surface area contributed by atoms with Gasteiger partial charge in [0, 0.05) is 5.02 Å². The molecule has 1 aromatic carbocycles. The van der Waals surface area contributed by atoms with E-state index in [0.29, 0.717) is 10.6 Å². The lowest BCUT2D eigenvalue weighted by molar-refractivity contribution is 0.0556. The summed E-state index contributed by atoms with van der Waals surface area (Å²) in [7, 11) is 1.29. The van der Waals surface area contributed by atoms with Crippen LogP contribution in [0.25, 0.3) is 11.1 Å². The summed E-state index contributed by atoms with van der Waals surface area (Å²) in [6.45, 7) is 0. The fourth-order valence-corrected chi connectivity index (χ4v) is 1.44. The molecule has 5 heteroatoms. The van der Waals surface area contributed by atoms with Gasteiger partial charge in [0.15, 0.2) is 0 Å². The van der Waals surface area contributed by atoms with Gasteiger partial charge >= 0.3 is 5.97 Å². The minimum atomic E-state index is -0.553. The number of hydrogen-bond acceptors (Lipinski definition) is 4. The fourth-order valence-electron chi connectivity index (χ4n) is 1.31. The third kappa shape index (κ3) is 1.92. The zero-order chi connectivity index (χ0) is 11.5. The van der Waals surface area contributed by atoms with E-state index in [4.69, 9.17) is 16.1 Å². The maximum absolute atomic E-state index is 11.4. The van der Waals surface area contributed by atoms with Crippen molar-refractivity contribution in [2.24, 2.45) is 0 Å². The van der Waals surface area contributed by atoms with Crippen LogP contribution in [0.15, 0.2) is 35.0 Å². The van der Waals surface area contributed by atoms with E-state index in [9.17, 15) is 4.79 Å². The van der Waals surface area contributed by atoms with Gasteiger partial charge in [0.1, 0.15) is 0 Å². The van der Waals surface area contributed by atoms with Gasteiger partial charge in [-0.3, -0.25) is 0 Å². The van der Waals surface area contributed by atoms with Crippen molar-refractivity contribution in [3.8, 4) is 11.1 Å². The summed E-state index contributed by atoms with van der Waals surface area (Å²) >= 11 is 5.77. The Morgan fingerprint density at radius 3 is 2.69 bits per heavy atom. The van der Waals surface area contributed by atoms with Crippen LogP contribution in [-0.4, -0.2) is 18.2 Å². The predicted molar refractivity (Wildman–Crippen MR) is 58.3 cm³/mol. The Hall–Kier alpha value is -1.81. The highest BCUT2D eigenvalue weighted by Gasteiger charge is 2.18. The SMILES string of the molecule is COC(=O)c1oncc1-c1ccc(Cl)cc1. The predicted octanol–water partition coefficient (Wildman–Crippen LogP) is 2.78. The van der Waals surface area contributed by atoms with Crippen molar-refractivity contribution in [2.45, 2.75) is 0 Å². The van der Waals surface area contributed by atoms with Gasteiger partial charge in [-0.15, -0.1) is 0 Å². The molecule has 82 valence electrons. The van der Waals surface area contributed by atoms with Gasteiger partial charge in [0.05, 0.1) is 18.9 Å². The summed E-state index contributed by atoms with van der Waals surface area (Å²) in [6, 6.07) is 7.01. The van der Waals surface area contributed by atoms with Crippen LogP contribution in [0.5, 0.6) is 0 Å². The van der Waals surface area contributed by atoms with Crippen molar-refractivity contribution in [1.82, 2.24) is 5.16 Å². The molecule has 2 rings (SSSR count). The first kappa shape index (κ1) is 10.7. The van der Waals surface area contributed by atoms with Crippen LogP contribution in [0, 0.1) is 0 Å². The fraction of sp³-hybridized carbons (Fsp3) is 0.0909. The largest absolute Gasteiger partial charge is 0.463 e. The van der Waals surface area contributed by atoms with E-state index in [2.05, 4.69) is 9.89 Å². The number of carbonyl (C=O) groups is 1. The van der Waals surface area contributed by atoms with Gasteiger partial charge in [-0.1, -0.05) is 28.9 Å². The number of methoxy groups -OCH3 is 1. The molecule has 1 heterocycles. The average Bonchev–Trinajstić information content (AvgIpc) is 2.78. The number of esters is 1. The minimum Gasteiger partial charge on any atom is -0.463 e. The molecule has 0 bridgehead atoms. The Morgan fingerprint density at radius 2 is 2.06 bits per heavy atom. The van der Waals surface area contributed by atoms with Gasteiger partial charge in [0.2, 0.25) is 0 Å². The van der Waals surface area contributed by atoms with Crippen molar-refractivity contribution in [2.75, 3.05) is 7.11 Å². The third-order valence-electron chi connectivity index (χ3n) is 2.10. The molecule has 4 nitrogen and oxygen atoms in total. The minimum absolute atomic E-state index is 0.0878. The van der Waals surface area contributed by atoms with Gasteiger partial charge < -0.3 is 9.26 Å². The Labute approximate surface area is 96.8 Å². The summed E-state index contributed by atoms with van der Waals surface area (Å²) in [4.78, 5) is 11.4. The van der Waals surface area contributed by atoms with Crippen molar-refractivity contribution >= 4 is 17.6 Å². The molecule has 0 fully saturated rings. The van der Waals surface area contributed by atoms with Crippen molar-refractivity contribution in [3.05, 3.63) is 41.2 Å². The summed E-state index contributed by atoms with van der Waals surface area (Å²) in [5.41, 5.74) is 1.38. The average molecular weight is 238 g/mol. The van der Waals surface area contributed by atoms with E-state index < -0.39 is 5.97 Å². The molecular formula is C11H8ClNO3. The Bertz CT molecular complexity index is 504. The molecule has 0 amide bonds. The Morgan fingerprint density at radius 1 is 1.38 bits per heavy atom. The summed E-state index contributed by atoms with van der Waals surface area (Å²) in [5, 5.41) is 4.21. The third-order valence-corrected chi connectivity index (χ3v) is 2.35. The van der Waals surface area contributed by atoms with E-state index in [0.717, 1.165) is 5.56 Å². The first-order chi connectivity index (χ1) is 7.72. The van der Waals surface area contributed by atoms with Crippen LogP contribution < -0.4 is 0 Å². The van der Waals surface area contributed by atoms with E-state index in [1.54, 1.807) is 24.3 Å². The molecule has 0 unspecified atom stereocenters. The molecule has 2 aromatic rings. The van der Waals surface area contributed by atoms with Crippen LogP contribution in [-0.2, 0) is 4.74 Å². The number of halogens is 1. The van der Waals surface area contributed by atoms with Crippen molar-refractivity contribution in [1.29, 1.82) is 0 Å². The van der Waals surface area contributed by atoms with Crippen LogP contribution in [0.4, 0.5) is 0 Å². The highest BCUT2D eigenvalue weighted by molar-refractivity contribution is 6.30. The van der Waals surface area contributed by atoms with Crippen molar-refractivity contribution < 1.29 is 14.1 Å². The van der Waals surface area contributed by atoms with E-state index in [1.165, 1.54) is 13.3 Å². The molecular weight excluding hydrogens is 230 g/mol. The van der Waals surface area contributed by atoms with Gasteiger partial charge in [-0.2, -0.15) is 0 Å². The summed E-state index contributed by atoms with van der Waals surface area (Å²) in [6.07, 6.45) is 1.47. The molecule has 0 radical (unpaired) electrons. The topological polar surface area (TPSA) is 52.3 Å². The summed E-state index contributed by atoms with van der Waals surface area (Å²) in [5.74, 6) is -0.465. The second kappa shape index (κ2) is 4.37. The number of carbonyl (C=O) groups excluding carboxylic acids is 1. The van der Waals surface area contributed by atoms with E-state index in [-0.39, 0.29) is 5.76 Å². The van der Waals surface area contributed by atoms with Crippen LogP contribution in [0.3, 0.4) is 0 Å². The van der Waals surface area contributed by atoms with Gasteiger partial charge in [-0.25, -0.2) is 4.79 Å². The molecule has 0 aliphatic carbocycles. The molecule has 1 aromatic heterocycles. The zero-order valence-electron chi connectivity index (χ0n) is 8.44. The van der Waals surface area contributed by atoms with Crippen LogP contribution in [0.1, 0.15) is 10.6 Å². The first-order valence-corrected chi connectivity index (χ1v) is 4.89.